The Kier molecular flexibility index (Phi) is 4.77. The van der Waals surface area contributed by atoms with Crippen LogP contribution in [0.1, 0.15) is 29.1 Å². The van der Waals surface area contributed by atoms with Crippen molar-refractivity contribution in [2.75, 3.05) is 0 Å². The number of pyridine rings is 1. The summed E-state index contributed by atoms with van der Waals surface area (Å²) in [6.45, 7) is 5.70. The van der Waals surface area contributed by atoms with Crippen LogP contribution in [0.15, 0.2) is 55.2 Å². The van der Waals surface area contributed by atoms with E-state index in [1.165, 1.54) is 11.3 Å². The minimum atomic E-state index is -0.0634. The lowest BCUT2D eigenvalue weighted by molar-refractivity contribution is 0.0955. The quantitative estimate of drug-likeness (QED) is 0.553. The lowest BCUT2D eigenvalue weighted by Gasteiger charge is -2.04. The number of rotatable bonds is 6. The smallest absolute Gasteiger partial charge is 0.261 e. The van der Waals surface area contributed by atoms with Crippen LogP contribution < -0.4 is 5.32 Å². The minimum absolute atomic E-state index is 0.0634. The molecule has 4 aromatic heterocycles. The van der Waals surface area contributed by atoms with E-state index < -0.39 is 0 Å². The molecule has 0 fully saturated rings. The molecule has 0 radical (unpaired) electrons. The Morgan fingerprint density at radius 1 is 1.22 bits per heavy atom. The molecule has 0 unspecified atom stereocenters. The number of thiophene rings is 1. The lowest BCUT2D eigenvalue weighted by atomic mass is 10.2. The molecule has 0 saturated carbocycles. The molecule has 0 aliphatic heterocycles. The van der Waals surface area contributed by atoms with E-state index in [1.807, 2.05) is 58.1 Å². The average molecular weight is 379 g/mol. The minimum Gasteiger partial charge on any atom is -0.347 e. The number of carbonyl (C=O) groups is 1. The van der Waals surface area contributed by atoms with Crippen LogP contribution in [0.5, 0.6) is 0 Å². The zero-order valence-electron chi connectivity index (χ0n) is 15.3. The molecule has 0 saturated heterocycles. The van der Waals surface area contributed by atoms with Gasteiger partial charge in [-0.25, -0.2) is 4.98 Å². The maximum Gasteiger partial charge on any atom is 0.261 e. The number of hydrogen-bond acceptors (Lipinski definition) is 4. The van der Waals surface area contributed by atoms with Crippen molar-refractivity contribution in [3.05, 3.63) is 65.7 Å². The third-order valence-electron chi connectivity index (χ3n) is 4.20. The molecule has 6 nitrogen and oxygen atoms in total. The fourth-order valence-electron chi connectivity index (χ4n) is 2.92. The van der Waals surface area contributed by atoms with Gasteiger partial charge in [-0.15, -0.1) is 11.3 Å². The first-order valence-corrected chi connectivity index (χ1v) is 9.72. The highest BCUT2D eigenvalue weighted by Gasteiger charge is 2.12. The summed E-state index contributed by atoms with van der Waals surface area (Å²) < 4.78 is 3.89. The standard InChI is InChI=1S/C20H21N5OS/c1-14(2)11-25-13-16(10-23-25)17-4-5-18(27-17)20(26)22-9-15-3-6-19-21-7-8-24(19)12-15/h3-8,10,12-14H,9,11H2,1-2H3,(H,22,26). The van der Waals surface area contributed by atoms with Crippen LogP contribution in [0.4, 0.5) is 0 Å². The average Bonchev–Trinajstić information content (AvgIpc) is 3.38. The number of imidazole rings is 1. The summed E-state index contributed by atoms with van der Waals surface area (Å²) in [4.78, 5) is 18.5. The zero-order chi connectivity index (χ0) is 18.8. The summed E-state index contributed by atoms with van der Waals surface area (Å²) in [7, 11) is 0. The second-order valence-electron chi connectivity index (χ2n) is 6.92. The van der Waals surface area contributed by atoms with Gasteiger partial charge in [0.15, 0.2) is 0 Å². The third-order valence-corrected chi connectivity index (χ3v) is 5.34. The Morgan fingerprint density at radius 3 is 2.96 bits per heavy atom. The van der Waals surface area contributed by atoms with E-state index in [1.54, 1.807) is 6.20 Å². The summed E-state index contributed by atoms with van der Waals surface area (Å²) in [5, 5.41) is 7.38. The van der Waals surface area contributed by atoms with E-state index in [9.17, 15) is 4.79 Å². The number of hydrogen-bond donors (Lipinski definition) is 1. The summed E-state index contributed by atoms with van der Waals surface area (Å²) in [5.74, 6) is 0.482. The molecule has 0 atom stereocenters. The fourth-order valence-corrected chi connectivity index (χ4v) is 3.82. The third kappa shape index (κ3) is 3.93. The van der Waals surface area contributed by atoms with Crippen LogP contribution in [-0.4, -0.2) is 25.1 Å². The highest BCUT2D eigenvalue weighted by atomic mass is 32.1. The molecule has 0 aliphatic carbocycles. The predicted octanol–water partition coefficient (Wildman–Crippen LogP) is 3.85. The SMILES string of the molecule is CC(C)Cn1cc(-c2ccc(C(=O)NCc3ccc4nccn4c3)s2)cn1. The largest absolute Gasteiger partial charge is 0.347 e. The molecule has 0 spiro atoms. The normalized spacial score (nSPS) is 11.4. The molecule has 4 aromatic rings. The molecule has 0 bridgehead atoms. The number of nitrogens with one attached hydrogen (secondary N) is 1. The highest BCUT2D eigenvalue weighted by molar-refractivity contribution is 7.17. The number of nitrogens with zero attached hydrogens (tertiary/aromatic N) is 4. The lowest BCUT2D eigenvalue weighted by Crippen LogP contribution is -2.21. The summed E-state index contributed by atoms with van der Waals surface area (Å²) >= 11 is 1.48. The van der Waals surface area contributed by atoms with Gasteiger partial charge in [-0.2, -0.15) is 5.10 Å². The van der Waals surface area contributed by atoms with Gasteiger partial charge in [0.1, 0.15) is 5.65 Å². The van der Waals surface area contributed by atoms with Crippen molar-refractivity contribution in [1.29, 1.82) is 0 Å². The molecule has 1 amide bonds. The second-order valence-corrected chi connectivity index (χ2v) is 8.01. The molecule has 4 rings (SSSR count). The number of fused-ring (bicyclic) bond motifs is 1. The summed E-state index contributed by atoms with van der Waals surface area (Å²) in [6, 6.07) is 7.77. The van der Waals surface area contributed by atoms with Gasteiger partial charge in [-0.05, 0) is 29.7 Å². The Bertz CT molecular complexity index is 1070. The van der Waals surface area contributed by atoms with Gasteiger partial charge in [0.25, 0.3) is 5.91 Å². The van der Waals surface area contributed by atoms with E-state index in [0.29, 0.717) is 17.3 Å². The van der Waals surface area contributed by atoms with Crippen LogP contribution in [0.2, 0.25) is 0 Å². The van der Waals surface area contributed by atoms with Crippen molar-refractivity contribution in [2.45, 2.75) is 26.9 Å². The zero-order valence-corrected chi connectivity index (χ0v) is 16.1. The molecule has 138 valence electrons. The van der Waals surface area contributed by atoms with E-state index >= 15 is 0 Å². The Hall–Kier alpha value is -2.93. The molecule has 1 N–H and O–H groups in total. The number of aromatic nitrogens is 4. The molecular formula is C20H21N5OS. The maximum atomic E-state index is 12.5. The highest BCUT2D eigenvalue weighted by Crippen LogP contribution is 2.28. The Balaban J connectivity index is 1.41. The molecule has 4 heterocycles. The Morgan fingerprint density at radius 2 is 2.11 bits per heavy atom. The van der Waals surface area contributed by atoms with E-state index in [4.69, 9.17) is 0 Å². The molecular weight excluding hydrogens is 358 g/mol. The molecule has 0 aliphatic rings. The van der Waals surface area contributed by atoms with Crippen LogP contribution in [0.3, 0.4) is 0 Å². The van der Waals surface area contributed by atoms with Crippen LogP contribution in [0, 0.1) is 5.92 Å². The van der Waals surface area contributed by atoms with Gasteiger partial charge in [0.05, 0.1) is 11.1 Å². The topological polar surface area (TPSA) is 64.2 Å². The van der Waals surface area contributed by atoms with E-state index in [2.05, 4.69) is 29.2 Å². The van der Waals surface area contributed by atoms with Crippen molar-refractivity contribution in [3.8, 4) is 10.4 Å². The predicted molar refractivity (Wildman–Crippen MR) is 107 cm³/mol. The van der Waals surface area contributed by atoms with Gasteiger partial charge in [0.2, 0.25) is 0 Å². The number of amides is 1. The van der Waals surface area contributed by atoms with Gasteiger partial charge in [-0.1, -0.05) is 19.9 Å². The van der Waals surface area contributed by atoms with Crippen LogP contribution in [0.25, 0.3) is 16.1 Å². The van der Waals surface area contributed by atoms with Crippen LogP contribution in [-0.2, 0) is 13.1 Å². The summed E-state index contributed by atoms with van der Waals surface area (Å²) in [5.41, 5.74) is 2.97. The van der Waals surface area contributed by atoms with Crippen molar-refractivity contribution in [3.63, 3.8) is 0 Å². The van der Waals surface area contributed by atoms with Gasteiger partial charge in [-0.3, -0.25) is 9.48 Å². The van der Waals surface area contributed by atoms with Gasteiger partial charge in [0, 0.05) is 48.3 Å². The number of carbonyl (C=O) groups excluding carboxylic acids is 1. The first-order chi connectivity index (χ1) is 13.1. The molecule has 27 heavy (non-hydrogen) atoms. The Labute approximate surface area is 161 Å². The van der Waals surface area contributed by atoms with Gasteiger partial charge >= 0.3 is 0 Å². The van der Waals surface area contributed by atoms with Gasteiger partial charge < -0.3 is 9.72 Å². The summed E-state index contributed by atoms with van der Waals surface area (Å²) in [6.07, 6.45) is 9.52. The van der Waals surface area contributed by atoms with E-state index in [-0.39, 0.29) is 5.91 Å². The maximum absolute atomic E-state index is 12.5. The van der Waals surface area contributed by atoms with E-state index in [0.717, 1.165) is 28.2 Å². The molecule has 7 heteroatoms. The van der Waals surface area contributed by atoms with Crippen molar-refractivity contribution in [2.24, 2.45) is 5.92 Å². The second kappa shape index (κ2) is 7.36. The molecule has 0 aromatic carbocycles. The monoisotopic (exact) mass is 379 g/mol. The van der Waals surface area contributed by atoms with Crippen molar-refractivity contribution in [1.82, 2.24) is 24.5 Å². The fraction of sp³-hybridized carbons (Fsp3) is 0.250. The first-order valence-electron chi connectivity index (χ1n) is 8.91. The van der Waals surface area contributed by atoms with Crippen molar-refractivity contribution >= 4 is 22.9 Å². The van der Waals surface area contributed by atoms with Crippen LogP contribution >= 0.6 is 11.3 Å². The van der Waals surface area contributed by atoms with Crippen molar-refractivity contribution < 1.29 is 4.79 Å². The first kappa shape index (κ1) is 17.5.